The van der Waals surface area contributed by atoms with Gasteiger partial charge in [-0.3, -0.25) is 14.7 Å². The number of methoxy groups -OCH3 is 1. The van der Waals surface area contributed by atoms with Crippen LogP contribution in [0.5, 0.6) is 0 Å². The maximum Gasteiger partial charge on any atom is 0.277 e. The van der Waals surface area contributed by atoms with E-state index in [0.29, 0.717) is 19.0 Å². The summed E-state index contributed by atoms with van der Waals surface area (Å²) >= 11 is 0. The molecule has 0 spiro atoms. The lowest BCUT2D eigenvalue weighted by molar-refractivity contribution is 0.101. The number of carbonyl (C=O) groups excluding carboxylic acids is 1. The number of amides is 1. The van der Waals surface area contributed by atoms with Crippen molar-refractivity contribution in [1.29, 1.82) is 0 Å². The van der Waals surface area contributed by atoms with Crippen LogP contribution >= 0.6 is 0 Å². The third-order valence-electron chi connectivity index (χ3n) is 2.86. The fraction of sp³-hybridized carbons (Fsp3) is 0.385. The number of anilines is 1. The number of hydrogen-bond acceptors (Lipinski definition) is 5. The summed E-state index contributed by atoms with van der Waals surface area (Å²) in [5, 5.41) is 13.4. The van der Waals surface area contributed by atoms with Crippen LogP contribution in [0, 0.1) is 0 Å². The molecule has 0 saturated heterocycles. The van der Waals surface area contributed by atoms with Gasteiger partial charge in [0.25, 0.3) is 11.5 Å². The summed E-state index contributed by atoms with van der Waals surface area (Å²) in [6.07, 6.45) is 0.795. The van der Waals surface area contributed by atoms with Gasteiger partial charge in [0.15, 0.2) is 5.82 Å². The zero-order chi connectivity index (χ0) is 15.2. The molecule has 21 heavy (non-hydrogen) atoms. The minimum Gasteiger partial charge on any atom is -0.383 e. The Morgan fingerprint density at radius 3 is 2.95 bits per heavy atom. The zero-order valence-corrected chi connectivity index (χ0v) is 11.9. The van der Waals surface area contributed by atoms with Crippen molar-refractivity contribution in [2.45, 2.75) is 19.9 Å². The smallest absolute Gasteiger partial charge is 0.277 e. The van der Waals surface area contributed by atoms with Crippen LogP contribution in [0.4, 0.5) is 5.82 Å². The van der Waals surface area contributed by atoms with Crippen molar-refractivity contribution in [3.63, 3.8) is 0 Å². The summed E-state index contributed by atoms with van der Waals surface area (Å²) in [5.74, 6) is 0.00334. The zero-order valence-electron chi connectivity index (χ0n) is 11.9. The molecule has 0 bridgehead atoms. The van der Waals surface area contributed by atoms with Gasteiger partial charge in [0.1, 0.15) is 5.69 Å². The Hall–Kier alpha value is -2.48. The Morgan fingerprint density at radius 2 is 2.29 bits per heavy atom. The lowest BCUT2D eigenvalue weighted by Gasteiger charge is -2.06. The standard InChI is InChI=1S/C13H17N5O3/c1-3-9-8-11(16-15-9)14-13(20)10-4-5-12(19)18(17-10)6-7-21-2/h4-5,8H,3,6-7H2,1-2H3,(H2,14,15,16,20). The molecule has 0 radical (unpaired) electrons. The number of rotatable bonds is 6. The van der Waals surface area contributed by atoms with E-state index in [9.17, 15) is 9.59 Å². The number of H-pyrrole nitrogens is 1. The summed E-state index contributed by atoms with van der Waals surface area (Å²) in [5.41, 5.74) is 0.784. The molecule has 0 saturated carbocycles. The molecule has 8 nitrogen and oxygen atoms in total. The van der Waals surface area contributed by atoms with Crippen LogP contribution in [0.15, 0.2) is 23.0 Å². The first kappa shape index (κ1) is 14.9. The van der Waals surface area contributed by atoms with Crippen molar-refractivity contribution in [3.8, 4) is 0 Å². The van der Waals surface area contributed by atoms with E-state index in [1.54, 1.807) is 6.07 Å². The summed E-state index contributed by atoms with van der Waals surface area (Å²) < 4.78 is 6.09. The van der Waals surface area contributed by atoms with Crippen LogP contribution < -0.4 is 10.9 Å². The number of aryl methyl sites for hydroxylation is 1. The van der Waals surface area contributed by atoms with Gasteiger partial charge in [0.2, 0.25) is 0 Å². The molecule has 2 heterocycles. The second-order valence-corrected chi connectivity index (χ2v) is 4.36. The van der Waals surface area contributed by atoms with Gasteiger partial charge in [0.05, 0.1) is 13.2 Å². The average molecular weight is 291 g/mol. The van der Waals surface area contributed by atoms with E-state index < -0.39 is 5.91 Å². The summed E-state index contributed by atoms with van der Waals surface area (Å²) in [6.45, 7) is 2.61. The topological polar surface area (TPSA) is 102 Å². The van der Waals surface area contributed by atoms with E-state index in [2.05, 4.69) is 20.6 Å². The molecular formula is C13H17N5O3. The molecule has 112 valence electrons. The lowest BCUT2D eigenvalue weighted by atomic mass is 10.3. The molecular weight excluding hydrogens is 274 g/mol. The predicted molar refractivity (Wildman–Crippen MR) is 76.3 cm³/mol. The fourth-order valence-electron chi connectivity index (χ4n) is 1.70. The van der Waals surface area contributed by atoms with Gasteiger partial charge in [0, 0.05) is 24.9 Å². The van der Waals surface area contributed by atoms with E-state index in [1.165, 1.54) is 23.9 Å². The third-order valence-corrected chi connectivity index (χ3v) is 2.86. The first-order valence-corrected chi connectivity index (χ1v) is 6.56. The lowest BCUT2D eigenvalue weighted by Crippen LogP contribution is -2.27. The Kier molecular flexibility index (Phi) is 4.83. The monoisotopic (exact) mass is 291 g/mol. The largest absolute Gasteiger partial charge is 0.383 e. The van der Waals surface area contributed by atoms with Crippen LogP contribution in [-0.2, 0) is 17.7 Å². The highest BCUT2D eigenvalue weighted by molar-refractivity contribution is 6.02. The molecule has 8 heteroatoms. The maximum absolute atomic E-state index is 12.1. The van der Waals surface area contributed by atoms with Crippen molar-refractivity contribution < 1.29 is 9.53 Å². The van der Waals surface area contributed by atoms with Crippen LogP contribution in [-0.4, -0.2) is 39.6 Å². The number of carbonyl (C=O) groups is 1. The van der Waals surface area contributed by atoms with Gasteiger partial charge in [-0.2, -0.15) is 10.2 Å². The van der Waals surface area contributed by atoms with Crippen LogP contribution in [0.1, 0.15) is 23.1 Å². The quantitative estimate of drug-likeness (QED) is 0.803. The fourth-order valence-corrected chi connectivity index (χ4v) is 1.70. The second-order valence-electron chi connectivity index (χ2n) is 4.36. The van der Waals surface area contributed by atoms with Crippen LogP contribution in [0.3, 0.4) is 0 Å². The van der Waals surface area contributed by atoms with E-state index in [0.717, 1.165) is 12.1 Å². The molecule has 2 aromatic heterocycles. The molecule has 1 amide bonds. The van der Waals surface area contributed by atoms with E-state index in [1.807, 2.05) is 6.92 Å². The Morgan fingerprint density at radius 1 is 1.48 bits per heavy atom. The number of aromatic nitrogens is 4. The van der Waals surface area contributed by atoms with E-state index >= 15 is 0 Å². The van der Waals surface area contributed by atoms with E-state index in [-0.39, 0.29) is 11.3 Å². The highest BCUT2D eigenvalue weighted by atomic mass is 16.5. The van der Waals surface area contributed by atoms with Crippen molar-refractivity contribution >= 4 is 11.7 Å². The van der Waals surface area contributed by atoms with Gasteiger partial charge < -0.3 is 10.1 Å². The first-order valence-electron chi connectivity index (χ1n) is 6.56. The van der Waals surface area contributed by atoms with Gasteiger partial charge in [-0.25, -0.2) is 4.68 Å². The normalized spacial score (nSPS) is 10.6. The van der Waals surface area contributed by atoms with Gasteiger partial charge in [-0.1, -0.05) is 6.92 Å². The van der Waals surface area contributed by atoms with Crippen molar-refractivity contribution in [2.24, 2.45) is 0 Å². The number of nitrogens with one attached hydrogen (secondary N) is 2. The molecule has 2 rings (SSSR count). The number of ether oxygens (including phenoxy) is 1. The van der Waals surface area contributed by atoms with Crippen molar-refractivity contribution in [3.05, 3.63) is 39.9 Å². The number of nitrogens with zero attached hydrogens (tertiary/aromatic N) is 3. The molecule has 0 fully saturated rings. The molecule has 0 aliphatic carbocycles. The van der Waals surface area contributed by atoms with Crippen molar-refractivity contribution in [1.82, 2.24) is 20.0 Å². The van der Waals surface area contributed by atoms with Gasteiger partial charge >= 0.3 is 0 Å². The Balaban J connectivity index is 2.13. The van der Waals surface area contributed by atoms with Gasteiger partial charge in [-0.15, -0.1) is 0 Å². The molecule has 2 aromatic rings. The molecule has 2 N–H and O–H groups in total. The SMILES string of the molecule is CCc1cc(NC(=O)c2ccc(=O)n(CCOC)n2)n[nH]1. The summed E-state index contributed by atoms with van der Waals surface area (Å²) in [4.78, 5) is 23.7. The molecule has 0 aliphatic heterocycles. The van der Waals surface area contributed by atoms with Gasteiger partial charge in [-0.05, 0) is 12.5 Å². The number of aromatic amines is 1. The van der Waals surface area contributed by atoms with Crippen molar-refractivity contribution in [2.75, 3.05) is 19.0 Å². The predicted octanol–water partition coefficient (Wildman–Crippen LogP) is 0.427. The van der Waals surface area contributed by atoms with E-state index in [4.69, 9.17) is 4.74 Å². The Bertz CT molecular complexity index is 676. The second kappa shape index (κ2) is 6.80. The minimum atomic E-state index is -0.421. The average Bonchev–Trinajstić information content (AvgIpc) is 2.94. The minimum absolute atomic E-state index is 0.145. The summed E-state index contributed by atoms with van der Waals surface area (Å²) in [7, 11) is 1.53. The number of hydrogen-bond donors (Lipinski definition) is 2. The molecule has 0 aromatic carbocycles. The highest BCUT2D eigenvalue weighted by Gasteiger charge is 2.11. The Labute approximate surface area is 121 Å². The molecule has 0 unspecified atom stereocenters. The van der Waals surface area contributed by atoms with Crippen LogP contribution in [0.2, 0.25) is 0 Å². The summed E-state index contributed by atoms with van der Waals surface area (Å²) in [6, 6.07) is 4.44. The maximum atomic E-state index is 12.1. The third kappa shape index (κ3) is 3.76. The highest BCUT2D eigenvalue weighted by Crippen LogP contribution is 2.07. The van der Waals surface area contributed by atoms with Crippen LogP contribution in [0.25, 0.3) is 0 Å². The molecule has 0 atom stereocenters. The first-order chi connectivity index (χ1) is 10.1. The molecule has 0 aliphatic rings.